The van der Waals surface area contributed by atoms with Crippen LogP contribution in [-0.2, 0) is 6.42 Å². The van der Waals surface area contributed by atoms with Crippen molar-refractivity contribution in [3.8, 4) is 17.3 Å². The normalized spacial score (nSPS) is 10.6. The van der Waals surface area contributed by atoms with Crippen LogP contribution in [0.3, 0.4) is 0 Å². The number of aryl methyl sites for hydroxylation is 1. The summed E-state index contributed by atoms with van der Waals surface area (Å²) in [6.07, 6.45) is 0.386. The molecule has 5 heteroatoms. The predicted molar refractivity (Wildman–Crippen MR) is 66.0 cm³/mol. The Morgan fingerprint density at radius 1 is 1.39 bits per heavy atom. The SMILES string of the molecule is CCc1c(O)nc(-c2cc(C)cc(F)c2)[nH]c1=O. The Kier molecular flexibility index (Phi) is 3.14. The fourth-order valence-corrected chi connectivity index (χ4v) is 1.81. The van der Waals surface area contributed by atoms with E-state index in [-0.39, 0.29) is 17.3 Å². The molecule has 2 rings (SSSR count). The lowest BCUT2D eigenvalue weighted by Gasteiger charge is -2.05. The highest BCUT2D eigenvalue weighted by molar-refractivity contribution is 5.57. The number of aromatic nitrogens is 2. The summed E-state index contributed by atoms with van der Waals surface area (Å²) in [5.74, 6) is -0.554. The molecule has 0 unspecified atom stereocenters. The van der Waals surface area contributed by atoms with Crippen LogP contribution < -0.4 is 5.56 Å². The van der Waals surface area contributed by atoms with E-state index in [2.05, 4.69) is 9.97 Å². The lowest BCUT2D eigenvalue weighted by Crippen LogP contribution is -2.14. The smallest absolute Gasteiger partial charge is 0.258 e. The van der Waals surface area contributed by atoms with Crippen molar-refractivity contribution >= 4 is 0 Å². The first-order valence-corrected chi connectivity index (χ1v) is 5.61. The molecule has 2 N–H and O–H groups in total. The second kappa shape index (κ2) is 4.60. The molecule has 18 heavy (non-hydrogen) atoms. The maximum absolute atomic E-state index is 13.3. The van der Waals surface area contributed by atoms with E-state index >= 15 is 0 Å². The number of benzene rings is 1. The first-order chi connectivity index (χ1) is 8.51. The maximum atomic E-state index is 13.3. The number of halogens is 1. The highest BCUT2D eigenvalue weighted by Crippen LogP contribution is 2.20. The third kappa shape index (κ3) is 2.25. The molecular weight excluding hydrogens is 235 g/mol. The van der Waals surface area contributed by atoms with Gasteiger partial charge >= 0.3 is 0 Å². The molecule has 0 saturated heterocycles. The Morgan fingerprint density at radius 3 is 2.67 bits per heavy atom. The molecule has 2 aromatic rings. The van der Waals surface area contributed by atoms with E-state index in [4.69, 9.17) is 0 Å². The number of nitrogens with one attached hydrogen (secondary N) is 1. The minimum Gasteiger partial charge on any atom is -0.493 e. The average molecular weight is 248 g/mol. The first-order valence-electron chi connectivity index (χ1n) is 5.61. The van der Waals surface area contributed by atoms with Gasteiger partial charge in [0, 0.05) is 5.56 Å². The second-order valence-electron chi connectivity index (χ2n) is 4.09. The summed E-state index contributed by atoms with van der Waals surface area (Å²) in [4.78, 5) is 18.1. The van der Waals surface area contributed by atoms with E-state index in [1.807, 2.05) is 0 Å². The molecule has 4 nitrogen and oxygen atoms in total. The topological polar surface area (TPSA) is 66.0 Å². The van der Waals surface area contributed by atoms with E-state index in [0.717, 1.165) is 0 Å². The largest absolute Gasteiger partial charge is 0.493 e. The second-order valence-corrected chi connectivity index (χ2v) is 4.09. The van der Waals surface area contributed by atoms with Crippen molar-refractivity contribution < 1.29 is 9.50 Å². The van der Waals surface area contributed by atoms with Gasteiger partial charge in [-0.15, -0.1) is 0 Å². The monoisotopic (exact) mass is 248 g/mol. The third-order valence-electron chi connectivity index (χ3n) is 2.66. The molecule has 0 aliphatic heterocycles. The molecule has 1 heterocycles. The lowest BCUT2D eigenvalue weighted by molar-refractivity contribution is 0.444. The molecule has 0 spiro atoms. The zero-order valence-corrected chi connectivity index (χ0v) is 10.1. The van der Waals surface area contributed by atoms with Gasteiger partial charge in [-0.3, -0.25) is 4.79 Å². The molecule has 1 aromatic carbocycles. The number of H-pyrrole nitrogens is 1. The van der Waals surface area contributed by atoms with Gasteiger partial charge in [0.05, 0.1) is 5.56 Å². The van der Waals surface area contributed by atoms with Crippen LogP contribution in [0.4, 0.5) is 4.39 Å². The summed E-state index contributed by atoms with van der Waals surface area (Å²) in [5, 5.41) is 9.65. The predicted octanol–water partition coefficient (Wildman–Crippen LogP) is 2.15. The molecule has 1 aromatic heterocycles. The van der Waals surface area contributed by atoms with Crippen molar-refractivity contribution in [2.75, 3.05) is 0 Å². The number of rotatable bonds is 2. The van der Waals surface area contributed by atoms with E-state index in [0.29, 0.717) is 17.5 Å². The van der Waals surface area contributed by atoms with E-state index in [9.17, 15) is 14.3 Å². The highest BCUT2D eigenvalue weighted by Gasteiger charge is 2.10. The van der Waals surface area contributed by atoms with Crippen molar-refractivity contribution in [3.63, 3.8) is 0 Å². The van der Waals surface area contributed by atoms with Crippen LogP contribution in [0.25, 0.3) is 11.4 Å². The van der Waals surface area contributed by atoms with Crippen LogP contribution in [0.1, 0.15) is 18.1 Å². The molecule has 94 valence electrons. The molecule has 0 atom stereocenters. The van der Waals surface area contributed by atoms with Gasteiger partial charge in [-0.1, -0.05) is 6.92 Å². The van der Waals surface area contributed by atoms with Crippen molar-refractivity contribution in [1.29, 1.82) is 0 Å². The zero-order chi connectivity index (χ0) is 13.3. The lowest BCUT2D eigenvalue weighted by atomic mass is 10.1. The van der Waals surface area contributed by atoms with Gasteiger partial charge in [0.1, 0.15) is 11.6 Å². The van der Waals surface area contributed by atoms with Gasteiger partial charge in [0.2, 0.25) is 5.88 Å². The van der Waals surface area contributed by atoms with Crippen LogP contribution in [0.15, 0.2) is 23.0 Å². The van der Waals surface area contributed by atoms with Gasteiger partial charge in [-0.05, 0) is 37.1 Å². The van der Waals surface area contributed by atoms with Crippen LogP contribution in [0.2, 0.25) is 0 Å². The average Bonchev–Trinajstić information content (AvgIpc) is 2.27. The van der Waals surface area contributed by atoms with Crippen LogP contribution in [0, 0.1) is 12.7 Å². The summed E-state index contributed by atoms with van der Waals surface area (Å²) in [6.45, 7) is 3.49. The van der Waals surface area contributed by atoms with Gasteiger partial charge < -0.3 is 10.1 Å². The number of nitrogens with zero attached hydrogens (tertiary/aromatic N) is 1. The van der Waals surface area contributed by atoms with Crippen LogP contribution >= 0.6 is 0 Å². The molecule has 0 amide bonds. The summed E-state index contributed by atoms with van der Waals surface area (Å²) in [5.41, 5.74) is 0.975. The van der Waals surface area contributed by atoms with Crippen molar-refractivity contribution in [2.45, 2.75) is 20.3 Å². The fourth-order valence-electron chi connectivity index (χ4n) is 1.81. The Hall–Kier alpha value is -2.17. The Morgan fingerprint density at radius 2 is 2.11 bits per heavy atom. The molecule has 0 aliphatic carbocycles. The maximum Gasteiger partial charge on any atom is 0.258 e. The Labute approximate surface area is 103 Å². The molecule has 0 aliphatic rings. The Bertz CT molecular complexity index is 630. The van der Waals surface area contributed by atoms with Crippen molar-refractivity contribution in [3.05, 3.63) is 45.5 Å². The summed E-state index contributed by atoms with van der Waals surface area (Å²) < 4.78 is 13.3. The molecule has 0 radical (unpaired) electrons. The van der Waals surface area contributed by atoms with Crippen molar-refractivity contribution in [1.82, 2.24) is 9.97 Å². The minimum absolute atomic E-state index is 0.164. The minimum atomic E-state index is -0.410. The van der Waals surface area contributed by atoms with E-state index in [1.165, 1.54) is 12.1 Å². The summed E-state index contributed by atoms with van der Waals surface area (Å²) in [6, 6.07) is 4.32. The highest BCUT2D eigenvalue weighted by atomic mass is 19.1. The summed E-state index contributed by atoms with van der Waals surface area (Å²) in [7, 11) is 0. The van der Waals surface area contributed by atoms with Gasteiger partial charge in [-0.2, -0.15) is 4.98 Å². The van der Waals surface area contributed by atoms with E-state index in [1.54, 1.807) is 19.9 Å². The fraction of sp³-hybridized carbons (Fsp3) is 0.231. The van der Waals surface area contributed by atoms with Crippen molar-refractivity contribution in [2.24, 2.45) is 0 Å². The number of hydrogen-bond acceptors (Lipinski definition) is 3. The number of hydrogen-bond donors (Lipinski definition) is 2. The van der Waals surface area contributed by atoms with E-state index < -0.39 is 11.4 Å². The first kappa shape index (κ1) is 12.3. The number of aromatic hydroxyl groups is 1. The molecule has 0 saturated carbocycles. The molecule has 0 bridgehead atoms. The van der Waals surface area contributed by atoms with Crippen LogP contribution in [-0.4, -0.2) is 15.1 Å². The molecular formula is C13H13FN2O2. The van der Waals surface area contributed by atoms with Gasteiger partial charge in [-0.25, -0.2) is 4.39 Å². The Balaban J connectivity index is 2.61. The third-order valence-corrected chi connectivity index (χ3v) is 2.66. The zero-order valence-electron chi connectivity index (χ0n) is 10.1. The van der Waals surface area contributed by atoms with Gasteiger partial charge in [0.15, 0.2) is 0 Å². The van der Waals surface area contributed by atoms with Crippen LogP contribution in [0.5, 0.6) is 5.88 Å². The summed E-state index contributed by atoms with van der Waals surface area (Å²) >= 11 is 0. The van der Waals surface area contributed by atoms with Gasteiger partial charge in [0.25, 0.3) is 5.56 Å². The molecule has 0 fully saturated rings. The number of aromatic amines is 1. The standard InChI is InChI=1S/C13H13FN2O2/c1-3-10-12(17)15-11(16-13(10)18)8-4-7(2)5-9(14)6-8/h4-6H,3H2,1-2H3,(H2,15,16,17,18). The quantitative estimate of drug-likeness (QED) is 0.855.